The van der Waals surface area contributed by atoms with Gasteiger partial charge in [0.15, 0.2) is 0 Å². The van der Waals surface area contributed by atoms with E-state index in [4.69, 9.17) is 0 Å². The Morgan fingerprint density at radius 1 is 0.729 bits per heavy atom. The number of hydrogen-bond donors (Lipinski definition) is 0. The van der Waals surface area contributed by atoms with E-state index in [2.05, 4.69) is 213 Å². The number of benzene rings is 5. The Morgan fingerprint density at radius 2 is 1.42 bits per heavy atom. The van der Waals surface area contributed by atoms with E-state index in [1.807, 2.05) is 0 Å². The summed E-state index contributed by atoms with van der Waals surface area (Å²) in [4.78, 5) is 2.67. The number of rotatable bonds is 11. The van der Waals surface area contributed by atoms with Crippen molar-refractivity contribution in [2.45, 2.75) is 70.3 Å². The molecular formula is C58H55N. The molecule has 0 saturated carbocycles. The lowest BCUT2D eigenvalue weighted by molar-refractivity contribution is 0.530. The quantitative estimate of drug-likeness (QED) is 0.121. The van der Waals surface area contributed by atoms with E-state index in [1.165, 1.54) is 79.9 Å². The number of anilines is 1. The lowest BCUT2D eigenvalue weighted by Crippen LogP contribution is -2.32. The van der Waals surface area contributed by atoms with Crippen molar-refractivity contribution in [2.75, 3.05) is 4.90 Å². The van der Waals surface area contributed by atoms with Crippen LogP contribution in [0.1, 0.15) is 84.2 Å². The highest BCUT2D eigenvalue weighted by Gasteiger charge is 2.38. The number of nitrogens with zero attached hydrogens (tertiary/aromatic N) is 1. The van der Waals surface area contributed by atoms with Crippen molar-refractivity contribution in [3.63, 3.8) is 0 Å². The largest absolute Gasteiger partial charge is 0.337 e. The van der Waals surface area contributed by atoms with Gasteiger partial charge >= 0.3 is 0 Å². The number of hydrogen-bond acceptors (Lipinski definition) is 1. The highest BCUT2D eigenvalue weighted by molar-refractivity contribution is 5.79. The third kappa shape index (κ3) is 8.26. The lowest BCUT2D eigenvalue weighted by Gasteiger charge is -2.33. The van der Waals surface area contributed by atoms with Crippen LogP contribution in [-0.2, 0) is 6.42 Å². The number of fused-ring (bicyclic) bond motifs is 3. The van der Waals surface area contributed by atoms with Gasteiger partial charge in [-0.05, 0) is 143 Å². The molecule has 4 atom stereocenters. The van der Waals surface area contributed by atoms with Crippen LogP contribution in [0.2, 0.25) is 0 Å². The molecule has 0 N–H and O–H groups in total. The first-order valence-electron chi connectivity index (χ1n) is 21.7. The SMILES string of the molecule is C=C(C=C(C=C(C)c1ccccc1)C1=CCC(N2C3=CCCCC3c3cc(-c4ccc(C)c(C5C=CC=CC5CCc5ccccc5)c4)ccc32)C=C1)c1ccccc1. The van der Waals surface area contributed by atoms with Crippen LogP contribution in [0.25, 0.3) is 22.3 Å². The molecule has 0 fully saturated rings. The molecular weight excluding hydrogens is 711 g/mol. The van der Waals surface area contributed by atoms with Crippen LogP contribution in [0.5, 0.6) is 0 Å². The van der Waals surface area contributed by atoms with E-state index in [9.17, 15) is 0 Å². The molecule has 1 heteroatoms. The molecule has 0 spiro atoms. The van der Waals surface area contributed by atoms with Gasteiger partial charge in [0.25, 0.3) is 0 Å². The fraction of sp³-hybridized carbons (Fsp3) is 0.207. The van der Waals surface area contributed by atoms with E-state index < -0.39 is 0 Å². The second-order valence-electron chi connectivity index (χ2n) is 16.8. The van der Waals surface area contributed by atoms with Gasteiger partial charge in [0.05, 0.1) is 6.04 Å². The topological polar surface area (TPSA) is 3.24 Å². The van der Waals surface area contributed by atoms with Crippen LogP contribution >= 0.6 is 0 Å². The van der Waals surface area contributed by atoms with Gasteiger partial charge in [0.1, 0.15) is 0 Å². The highest BCUT2D eigenvalue weighted by Crippen LogP contribution is 2.51. The Morgan fingerprint density at radius 3 is 2.17 bits per heavy atom. The van der Waals surface area contributed by atoms with Gasteiger partial charge in [-0.15, -0.1) is 0 Å². The average molecular weight is 766 g/mol. The highest BCUT2D eigenvalue weighted by atomic mass is 15.2. The summed E-state index contributed by atoms with van der Waals surface area (Å²) in [6.07, 6.45) is 30.5. The predicted molar refractivity (Wildman–Crippen MR) is 252 cm³/mol. The Balaban J connectivity index is 0.990. The molecule has 1 aliphatic heterocycles. The summed E-state index contributed by atoms with van der Waals surface area (Å²) in [5.74, 6) is 1.30. The number of allylic oxidation sites excluding steroid dienone is 13. The van der Waals surface area contributed by atoms with E-state index >= 15 is 0 Å². The molecule has 0 bridgehead atoms. The Labute approximate surface area is 352 Å². The summed E-state index contributed by atoms with van der Waals surface area (Å²) in [5, 5.41) is 0. The standard InChI is InChI=1S/C58H55N/c1-41-27-29-49(39-55(41)53-24-14-13-23-48(53)30-28-44-17-7-4-8-18-44)50-33-36-58-56(40-50)54-25-15-16-26-57(54)59(58)52-34-31-47(32-35-52)51(37-42(2)45-19-9-5-10-20-45)38-43(3)46-21-11-6-12-22-46/h4-14,17-24,26-27,29,31-34,36-40,48,52-54H,2,15-16,25,28,30,35H2,1,3H3. The molecule has 59 heavy (non-hydrogen) atoms. The van der Waals surface area contributed by atoms with E-state index in [0.29, 0.717) is 17.8 Å². The summed E-state index contributed by atoms with van der Waals surface area (Å²) in [6, 6.07) is 46.9. The Hall–Kier alpha value is -6.18. The first kappa shape index (κ1) is 38.3. The fourth-order valence-electron chi connectivity index (χ4n) is 9.77. The van der Waals surface area contributed by atoms with Crippen LogP contribution in [0.3, 0.4) is 0 Å². The normalized spacial score (nSPS) is 21.2. The molecule has 3 aliphatic carbocycles. The van der Waals surface area contributed by atoms with Crippen LogP contribution in [0, 0.1) is 12.8 Å². The van der Waals surface area contributed by atoms with E-state index in [-0.39, 0.29) is 6.04 Å². The maximum absolute atomic E-state index is 4.49. The number of aryl methyl sites for hydroxylation is 2. The maximum atomic E-state index is 4.49. The van der Waals surface area contributed by atoms with Gasteiger partial charge in [-0.2, -0.15) is 0 Å². The first-order valence-corrected chi connectivity index (χ1v) is 21.7. The maximum Gasteiger partial charge on any atom is 0.0557 e. The third-order valence-corrected chi connectivity index (χ3v) is 13.0. The molecule has 9 rings (SSSR count). The van der Waals surface area contributed by atoms with Gasteiger partial charge in [-0.25, -0.2) is 0 Å². The van der Waals surface area contributed by atoms with Gasteiger partial charge in [-0.3, -0.25) is 0 Å². The minimum absolute atomic E-state index is 0.264. The smallest absolute Gasteiger partial charge is 0.0557 e. The summed E-state index contributed by atoms with van der Waals surface area (Å²) < 4.78 is 0. The minimum atomic E-state index is 0.264. The summed E-state index contributed by atoms with van der Waals surface area (Å²) in [5.41, 5.74) is 18.3. The molecule has 5 aromatic carbocycles. The van der Waals surface area contributed by atoms with Gasteiger partial charge < -0.3 is 4.90 Å². The summed E-state index contributed by atoms with van der Waals surface area (Å²) in [7, 11) is 0. The zero-order valence-corrected chi connectivity index (χ0v) is 34.6. The minimum Gasteiger partial charge on any atom is -0.337 e. The molecule has 4 aliphatic rings. The Bertz CT molecular complexity index is 2540. The van der Waals surface area contributed by atoms with Gasteiger partial charge in [0.2, 0.25) is 0 Å². The molecule has 0 saturated heterocycles. The molecule has 292 valence electrons. The second-order valence-corrected chi connectivity index (χ2v) is 16.8. The zero-order chi connectivity index (χ0) is 40.1. The third-order valence-electron chi connectivity index (χ3n) is 13.0. The van der Waals surface area contributed by atoms with Crippen LogP contribution in [0.15, 0.2) is 212 Å². The van der Waals surface area contributed by atoms with Crippen molar-refractivity contribution >= 4 is 16.8 Å². The predicted octanol–water partition coefficient (Wildman–Crippen LogP) is 15.1. The van der Waals surface area contributed by atoms with Gasteiger partial charge in [0, 0.05) is 23.2 Å². The molecule has 1 nitrogen and oxygen atoms in total. The van der Waals surface area contributed by atoms with Crippen molar-refractivity contribution in [1.29, 1.82) is 0 Å². The van der Waals surface area contributed by atoms with E-state index in [1.54, 1.807) is 0 Å². The molecule has 0 radical (unpaired) electrons. The van der Waals surface area contributed by atoms with Crippen molar-refractivity contribution in [1.82, 2.24) is 0 Å². The van der Waals surface area contributed by atoms with Crippen molar-refractivity contribution in [3.05, 3.63) is 245 Å². The van der Waals surface area contributed by atoms with Crippen LogP contribution in [-0.4, -0.2) is 6.04 Å². The van der Waals surface area contributed by atoms with Crippen LogP contribution in [0.4, 0.5) is 5.69 Å². The molecule has 0 aromatic heterocycles. The summed E-state index contributed by atoms with van der Waals surface area (Å²) >= 11 is 0. The Kier molecular flexibility index (Phi) is 11.3. The van der Waals surface area contributed by atoms with Crippen molar-refractivity contribution in [3.8, 4) is 11.1 Å². The molecule has 0 amide bonds. The average Bonchev–Trinajstić information content (AvgIpc) is 3.63. The molecule has 1 heterocycles. The second kappa shape index (κ2) is 17.4. The zero-order valence-electron chi connectivity index (χ0n) is 34.6. The lowest BCUT2D eigenvalue weighted by atomic mass is 9.77. The molecule has 5 aromatic rings. The monoisotopic (exact) mass is 765 g/mol. The molecule has 4 unspecified atom stereocenters. The van der Waals surface area contributed by atoms with E-state index in [0.717, 1.165) is 36.8 Å². The van der Waals surface area contributed by atoms with Crippen molar-refractivity contribution < 1.29 is 0 Å². The fourth-order valence-corrected chi connectivity index (χ4v) is 9.77. The first-order chi connectivity index (χ1) is 29.0. The van der Waals surface area contributed by atoms with Crippen LogP contribution < -0.4 is 4.90 Å². The van der Waals surface area contributed by atoms with Gasteiger partial charge in [-0.1, -0.05) is 177 Å². The van der Waals surface area contributed by atoms with Crippen molar-refractivity contribution in [2.24, 2.45) is 5.92 Å². The summed E-state index contributed by atoms with van der Waals surface area (Å²) in [6.45, 7) is 8.99.